The summed E-state index contributed by atoms with van der Waals surface area (Å²) in [5.41, 5.74) is 4.37. The van der Waals surface area contributed by atoms with Crippen LogP contribution in [0.5, 0.6) is 5.75 Å². The van der Waals surface area contributed by atoms with Crippen LogP contribution in [0.25, 0.3) is 0 Å². The van der Waals surface area contributed by atoms with Crippen LogP contribution in [-0.4, -0.2) is 37.9 Å². The Morgan fingerprint density at radius 3 is 2.74 bits per heavy atom. The highest BCUT2D eigenvalue weighted by atomic mass is 16.7. The van der Waals surface area contributed by atoms with Crippen molar-refractivity contribution in [3.05, 3.63) is 63.2 Å². The minimum atomic E-state index is -0.343. The van der Waals surface area contributed by atoms with E-state index in [1.54, 1.807) is 12.1 Å². The molecule has 2 aliphatic rings. The highest BCUT2D eigenvalue weighted by Gasteiger charge is 2.26. The van der Waals surface area contributed by atoms with Gasteiger partial charge in [-0.15, -0.1) is 0 Å². The number of piperazine rings is 1. The van der Waals surface area contributed by atoms with E-state index in [0.717, 1.165) is 49.6 Å². The Morgan fingerprint density at radius 1 is 1.22 bits per heavy atom. The van der Waals surface area contributed by atoms with Crippen LogP contribution in [0.4, 0.5) is 11.4 Å². The van der Waals surface area contributed by atoms with E-state index in [0.29, 0.717) is 6.61 Å². The molecule has 0 atom stereocenters. The van der Waals surface area contributed by atoms with Crippen LogP contribution in [0.3, 0.4) is 0 Å². The van der Waals surface area contributed by atoms with E-state index in [2.05, 4.69) is 36.1 Å². The summed E-state index contributed by atoms with van der Waals surface area (Å²) in [6.07, 6.45) is 0. The number of rotatable bonds is 4. The molecule has 142 valence electrons. The first-order chi connectivity index (χ1) is 13.1. The van der Waals surface area contributed by atoms with Gasteiger partial charge in [0.1, 0.15) is 12.3 Å². The largest absolute Gasteiger partial charge is 0.467 e. The minimum Gasteiger partial charge on any atom is -0.467 e. The molecule has 0 aliphatic carbocycles. The quantitative estimate of drug-likeness (QED) is 0.655. The molecule has 1 N–H and O–H groups in total. The number of nitro benzene ring substituents is 1. The predicted octanol–water partition coefficient (Wildman–Crippen LogP) is 1.67. The molecule has 0 spiro atoms. The molecule has 0 aromatic heterocycles. The van der Waals surface area contributed by atoms with Crippen LogP contribution in [0.15, 0.2) is 36.4 Å². The molecular weight excluding hydrogens is 346 g/mol. The van der Waals surface area contributed by atoms with Gasteiger partial charge in [0, 0.05) is 23.4 Å². The Kier molecular flexibility index (Phi) is 4.96. The first-order valence-electron chi connectivity index (χ1n) is 9.26. The van der Waals surface area contributed by atoms with Crippen LogP contribution >= 0.6 is 0 Å². The minimum absolute atomic E-state index is 0.107. The number of nitrogens with one attached hydrogen (secondary N) is 1. The number of fused-ring (bicyclic) bond motifs is 1. The van der Waals surface area contributed by atoms with Crippen LogP contribution < -0.4 is 14.5 Å². The zero-order valence-corrected chi connectivity index (χ0v) is 15.4. The number of anilines is 1. The summed E-state index contributed by atoms with van der Waals surface area (Å²) < 4.78 is 11.0. The maximum absolute atomic E-state index is 11.3. The summed E-state index contributed by atoms with van der Waals surface area (Å²) in [5.74, 6) is 0.765. The van der Waals surface area contributed by atoms with Gasteiger partial charge in [-0.25, -0.2) is 0 Å². The summed E-state index contributed by atoms with van der Waals surface area (Å²) in [4.78, 5) is 14.8. The summed E-state index contributed by atoms with van der Waals surface area (Å²) in [6.45, 7) is 7.36. The lowest BCUT2D eigenvalue weighted by molar-refractivity contribution is -0.914. The molecule has 27 heavy (non-hydrogen) atoms. The average molecular weight is 370 g/mol. The average Bonchev–Trinajstić information content (AvgIpc) is 2.69. The Bertz CT molecular complexity index is 847. The van der Waals surface area contributed by atoms with E-state index < -0.39 is 0 Å². The molecule has 1 saturated heterocycles. The van der Waals surface area contributed by atoms with Crippen LogP contribution in [0.2, 0.25) is 0 Å². The smallest absolute Gasteiger partial charge is 0.270 e. The molecule has 1 fully saturated rings. The molecule has 0 unspecified atom stereocenters. The fourth-order valence-corrected chi connectivity index (χ4v) is 3.95. The zero-order chi connectivity index (χ0) is 18.8. The molecule has 0 bridgehead atoms. The van der Waals surface area contributed by atoms with Gasteiger partial charge < -0.3 is 19.3 Å². The van der Waals surface area contributed by atoms with Crippen molar-refractivity contribution in [2.75, 3.05) is 37.9 Å². The highest BCUT2D eigenvalue weighted by molar-refractivity contribution is 5.53. The van der Waals surface area contributed by atoms with Crippen molar-refractivity contribution in [1.82, 2.24) is 0 Å². The van der Waals surface area contributed by atoms with Crippen molar-refractivity contribution >= 4 is 11.4 Å². The second-order valence-corrected chi connectivity index (χ2v) is 7.16. The predicted molar refractivity (Wildman–Crippen MR) is 101 cm³/mol. The van der Waals surface area contributed by atoms with Crippen LogP contribution in [-0.2, 0) is 17.9 Å². The molecule has 0 radical (unpaired) electrons. The highest BCUT2D eigenvalue weighted by Crippen LogP contribution is 2.32. The van der Waals surface area contributed by atoms with Gasteiger partial charge in [-0.05, 0) is 18.6 Å². The van der Waals surface area contributed by atoms with Gasteiger partial charge in [0.2, 0.25) is 0 Å². The van der Waals surface area contributed by atoms with E-state index >= 15 is 0 Å². The SMILES string of the molecule is Cc1ccccc1N1CC[NH+](Cc2cc([N+](=O)[O-])cc3c2OCOC3)CC1. The van der Waals surface area contributed by atoms with Gasteiger partial charge in [0.25, 0.3) is 5.69 Å². The number of nitrogens with zero attached hydrogens (tertiary/aromatic N) is 2. The normalized spacial score (nSPS) is 17.3. The number of non-ortho nitro benzene ring substituents is 1. The lowest BCUT2D eigenvalue weighted by atomic mass is 10.1. The summed E-state index contributed by atoms with van der Waals surface area (Å²) in [6, 6.07) is 11.7. The van der Waals surface area contributed by atoms with Gasteiger partial charge in [0.15, 0.2) is 6.79 Å². The monoisotopic (exact) mass is 370 g/mol. The Labute approximate surface area is 158 Å². The van der Waals surface area contributed by atoms with Crippen molar-refractivity contribution in [3.8, 4) is 5.75 Å². The molecule has 0 saturated carbocycles. The summed E-state index contributed by atoms with van der Waals surface area (Å²) in [7, 11) is 0. The number of para-hydroxylation sites is 1. The van der Waals surface area contributed by atoms with Crippen molar-refractivity contribution < 1.29 is 19.3 Å². The first kappa shape index (κ1) is 17.8. The topological polar surface area (TPSA) is 69.3 Å². The molecule has 7 nitrogen and oxygen atoms in total. The lowest BCUT2D eigenvalue weighted by Crippen LogP contribution is -3.13. The van der Waals surface area contributed by atoms with E-state index in [4.69, 9.17) is 9.47 Å². The van der Waals surface area contributed by atoms with Crippen molar-refractivity contribution in [2.45, 2.75) is 20.1 Å². The van der Waals surface area contributed by atoms with Gasteiger partial charge >= 0.3 is 0 Å². The van der Waals surface area contributed by atoms with Gasteiger partial charge in [-0.1, -0.05) is 18.2 Å². The Hall–Kier alpha value is -2.64. The third-order valence-electron chi connectivity index (χ3n) is 5.35. The second-order valence-electron chi connectivity index (χ2n) is 7.16. The maximum Gasteiger partial charge on any atom is 0.270 e. The Morgan fingerprint density at radius 2 is 2.00 bits per heavy atom. The Balaban J connectivity index is 1.48. The number of aryl methyl sites for hydroxylation is 1. The van der Waals surface area contributed by atoms with E-state index in [-0.39, 0.29) is 17.4 Å². The standard InChI is InChI=1S/C20H23N3O4/c1-15-4-2-3-5-19(15)22-8-6-21(7-9-22)12-16-10-18(23(24)25)11-17-13-26-14-27-20(16)17/h2-5,10-11H,6-9,12-14H2,1H3/p+1. The molecule has 2 heterocycles. The van der Waals surface area contributed by atoms with Crippen molar-refractivity contribution in [3.63, 3.8) is 0 Å². The van der Waals surface area contributed by atoms with Crippen LogP contribution in [0.1, 0.15) is 16.7 Å². The molecular formula is C20H24N3O4+. The molecule has 2 aromatic rings. The van der Waals surface area contributed by atoms with E-state index in [1.165, 1.54) is 16.2 Å². The third kappa shape index (κ3) is 3.74. The first-order valence-corrected chi connectivity index (χ1v) is 9.26. The number of ether oxygens (including phenoxy) is 2. The number of quaternary nitrogens is 1. The van der Waals surface area contributed by atoms with Gasteiger partial charge in [-0.3, -0.25) is 10.1 Å². The van der Waals surface area contributed by atoms with E-state index in [1.807, 2.05) is 0 Å². The fourth-order valence-electron chi connectivity index (χ4n) is 3.95. The van der Waals surface area contributed by atoms with Crippen LogP contribution in [0, 0.1) is 17.0 Å². The number of hydrogen-bond acceptors (Lipinski definition) is 5. The fraction of sp³-hybridized carbons (Fsp3) is 0.400. The third-order valence-corrected chi connectivity index (χ3v) is 5.35. The molecule has 0 amide bonds. The van der Waals surface area contributed by atoms with Gasteiger partial charge in [0.05, 0.1) is 43.3 Å². The lowest BCUT2D eigenvalue weighted by Gasteiger charge is -2.34. The van der Waals surface area contributed by atoms with E-state index in [9.17, 15) is 10.1 Å². The second kappa shape index (κ2) is 7.54. The molecule has 7 heteroatoms. The molecule has 2 aromatic carbocycles. The van der Waals surface area contributed by atoms with Crippen molar-refractivity contribution in [2.24, 2.45) is 0 Å². The number of nitro groups is 1. The number of benzene rings is 2. The molecule has 2 aliphatic heterocycles. The zero-order valence-electron chi connectivity index (χ0n) is 15.4. The van der Waals surface area contributed by atoms with Crippen molar-refractivity contribution in [1.29, 1.82) is 0 Å². The summed E-state index contributed by atoms with van der Waals surface area (Å²) in [5, 5.41) is 11.3. The molecule has 4 rings (SSSR count). The maximum atomic E-state index is 11.3. The number of hydrogen-bond donors (Lipinski definition) is 1. The summed E-state index contributed by atoms with van der Waals surface area (Å²) >= 11 is 0. The van der Waals surface area contributed by atoms with Gasteiger partial charge in [-0.2, -0.15) is 0 Å².